The van der Waals surface area contributed by atoms with Crippen LogP contribution in [0.4, 0.5) is 18.9 Å². The van der Waals surface area contributed by atoms with Crippen molar-refractivity contribution in [3.63, 3.8) is 0 Å². The first-order chi connectivity index (χ1) is 18.3. The van der Waals surface area contributed by atoms with E-state index in [4.69, 9.17) is 4.74 Å². The molecule has 1 spiro atoms. The van der Waals surface area contributed by atoms with Gasteiger partial charge in [0.2, 0.25) is 15.9 Å². The second kappa shape index (κ2) is 11.6. The van der Waals surface area contributed by atoms with Gasteiger partial charge in [-0.1, -0.05) is 37.6 Å². The van der Waals surface area contributed by atoms with Crippen LogP contribution in [0.5, 0.6) is 0 Å². The zero-order valence-electron chi connectivity index (χ0n) is 22.5. The highest BCUT2D eigenvalue weighted by atomic mass is 32.2. The van der Waals surface area contributed by atoms with Gasteiger partial charge in [0.1, 0.15) is 0 Å². The topological polar surface area (TPSA) is 79.0 Å². The lowest BCUT2D eigenvalue weighted by molar-refractivity contribution is -0.146. The fourth-order valence-corrected chi connectivity index (χ4v) is 7.12. The summed E-state index contributed by atoms with van der Waals surface area (Å²) >= 11 is 0. The molecule has 2 saturated heterocycles. The van der Waals surface area contributed by atoms with E-state index in [-0.39, 0.29) is 42.2 Å². The molecule has 0 aromatic heterocycles. The highest BCUT2D eigenvalue weighted by Crippen LogP contribution is 2.36. The molecule has 4 rings (SSSR count). The highest BCUT2D eigenvalue weighted by molar-refractivity contribution is 7.89. The number of anilines is 1. The molecule has 7 nitrogen and oxygen atoms in total. The number of halogens is 3. The lowest BCUT2D eigenvalue weighted by atomic mass is 9.89. The number of amides is 1. The first-order valence-corrected chi connectivity index (χ1v) is 14.6. The Morgan fingerprint density at radius 1 is 1.15 bits per heavy atom. The smallest absolute Gasteiger partial charge is 0.371 e. The fraction of sp³-hybridized carbons (Fsp3) is 0.536. The number of nitrogens with one attached hydrogen (secondary N) is 1. The van der Waals surface area contributed by atoms with Crippen molar-refractivity contribution in [2.75, 3.05) is 38.1 Å². The number of likely N-dealkylation sites (tertiary alicyclic amines) is 1. The van der Waals surface area contributed by atoms with Crippen molar-refractivity contribution in [2.24, 2.45) is 5.92 Å². The molecule has 11 heteroatoms. The molecule has 0 unspecified atom stereocenters. The van der Waals surface area contributed by atoms with Crippen molar-refractivity contribution in [3.8, 4) is 0 Å². The van der Waals surface area contributed by atoms with E-state index in [2.05, 4.69) is 5.32 Å². The Morgan fingerprint density at radius 2 is 1.87 bits per heavy atom. The van der Waals surface area contributed by atoms with Gasteiger partial charge < -0.3 is 10.1 Å². The van der Waals surface area contributed by atoms with E-state index in [0.29, 0.717) is 32.4 Å². The summed E-state index contributed by atoms with van der Waals surface area (Å²) in [7, 11) is -3.78. The summed E-state index contributed by atoms with van der Waals surface area (Å²) in [5, 5.41) is 2.55. The minimum absolute atomic E-state index is 0.0402. The third-order valence-electron chi connectivity index (χ3n) is 7.26. The number of nitrogens with zero attached hydrogens (tertiary/aromatic N) is 2. The van der Waals surface area contributed by atoms with Crippen LogP contribution in [0.25, 0.3) is 0 Å². The average molecular weight is 568 g/mol. The molecule has 2 atom stereocenters. The van der Waals surface area contributed by atoms with Crippen LogP contribution >= 0.6 is 0 Å². The zero-order chi connectivity index (χ0) is 28.4. The van der Waals surface area contributed by atoms with Gasteiger partial charge in [0.05, 0.1) is 29.2 Å². The maximum absolute atomic E-state index is 13.8. The van der Waals surface area contributed by atoms with Gasteiger partial charge in [-0.15, -0.1) is 0 Å². The summed E-state index contributed by atoms with van der Waals surface area (Å²) in [5.41, 5.74) is -0.571. The standard InChI is InChI=1S/C28H36F3N3O4S/c1-20(2)14-24-17-38-27(19-34(24)39(36,37)25-10-8-21(3)9-11-25)12-5-13-33(18-27)16-26(35)32-23-7-4-6-22(15-23)28(29,30)31/h4,6-11,15,20,24H,5,12-14,16-19H2,1-3H3,(H,32,35)/t24-,27+/m0/s1. The average Bonchev–Trinajstić information content (AvgIpc) is 2.85. The van der Waals surface area contributed by atoms with Crippen LogP contribution in [0.1, 0.15) is 44.2 Å². The molecule has 1 N–H and O–H groups in total. The van der Waals surface area contributed by atoms with Crippen LogP contribution < -0.4 is 5.32 Å². The van der Waals surface area contributed by atoms with Gasteiger partial charge in [-0.25, -0.2) is 8.42 Å². The van der Waals surface area contributed by atoms with Crippen LogP contribution in [0, 0.1) is 12.8 Å². The molecular formula is C28H36F3N3O4S. The molecule has 2 heterocycles. The normalized spacial score (nSPS) is 23.3. The van der Waals surface area contributed by atoms with Crippen molar-refractivity contribution < 1.29 is 31.1 Å². The lowest BCUT2D eigenvalue weighted by Gasteiger charge is -2.50. The Balaban J connectivity index is 1.48. The van der Waals surface area contributed by atoms with Gasteiger partial charge in [0.15, 0.2) is 0 Å². The number of sulfonamides is 1. The van der Waals surface area contributed by atoms with Crippen LogP contribution in [0.15, 0.2) is 53.4 Å². The number of rotatable bonds is 7. The number of carbonyl (C=O) groups is 1. The molecular weight excluding hydrogens is 531 g/mol. The summed E-state index contributed by atoms with van der Waals surface area (Å²) in [6.07, 6.45) is -2.50. The predicted octanol–water partition coefficient (Wildman–Crippen LogP) is 4.92. The molecule has 39 heavy (non-hydrogen) atoms. The number of hydrogen-bond donors (Lipinski definition) is 1. The Hall–Kier alpha value is -2.47. The first kappa shape index (κ1) is 29.5. The van der Waals surface area contributed by atoms with Crippen molar-refractivity contribution in [3.05, 3.63) is 59.7 Å². The molecule has 0 aliphatic carbocycles. The summed E-state index contributed by atoms with van der Waals surface area (Å²) in [4.78, 5) is 14.9. The maximum Gasteiger partial charge on any atom is 0.416 e. The van der Waals surface area contributed by atoms with Gasteiger partial charge in [0, 0.05) is 24.8 Å². The molecule has 2 aromatic rings. The van der Waals surface area contributed by atoms with Crippen molar-refractivity contribution in [2.45, 2.75) is 62.7 Å². The van der Waals surface area contributed by atoms with Crippen molar-refractivity contribution in [1.82, 2.24) is 9.21 Å². The van der Waals surface area contributed by atoms with Crippen LogP contribution in [-0.2, 0) is 25.7 Å². The highest BCUT2D eigenvalue weighted by Gasteiger charge is 2.47. The molecule has 2 aliphatic heterocycles. The Bertz CT molecular complexity index is 1270. The second-order valence-corrected chi connectivity index (χ2v) is 13.0. The summed E-state index contributed by atoms with van der Waals surface area (Å²) in [6.45, 7) is 7.33. The van der Waals surface area contributed by atoms with E-state index in [9.17, 15) is 26.4 Å². The Kier molecular flexibility index (Phi) is 8.75. The minimum atomic E-state index is -4.50. The van der Waals surface area contributed by atoms with E-state index < -0.39 is 33.3 Å². The number of alkyl halides is 3. The Labute approximate surface area is 228 Å². The third kappa shape index (κ3) is 7.19. The molecule has 0 bridgehead atoms. The summed E-state index contributed by atoms with van der Waals surface area (Å²) in [6, 6.07) is 11.0. The number of benzene rings is 2. The maximum atomic E-state index is 13.8. The molecule has 214 valence electrons. The van der Waals surface area contributed by atoms with Crippen molar-refractivity contribution in [1.29, 1.82) is 0 Å². The number of morpholine rings is 1. The molecule has 2 fully saturated rings. The first-order valence-electron chi connectivity index (χ1n) is 13.2. The Morgan fingerprint density at radius 3 is 2.54 bits per heavy atom. The molecule has 0 radical (unpaired) electrons. The second-order valence-electron chi connectivity index (χ2n) is 11.1. The monoisotopic (exact) mass is 567 g/mol. The zero-order valence-corrected chi connectivity index (χ0v) is 23.3. The number of hydrogen-bond acceptors (Lipinski definition) is 5. The molecule has 1 amide bonds. The van der Waals surface area contributed by atoms with E-state index >= 15 is 0 Å². The van der Waals surface area contributed by atoms with Gasteiger partial charge >= 0.3 is 6.18 Å². The minimum Gasteiger partial charge on any atom is -0.371 e. The van der Waals surface area contributed by atoms with E-state index in [1.54, 1.807) is 28.6 Å². The molecule has 0 saturated carbocycles. The summed E-state index contributed by atoms with van der Waals surface area (Å²) < 4.78 is 74.6. The molecule has 2 aromatic carbocycles. The quantitative estimate of drug-likeness (QED) is 0.514. The van der Waals surface area contributed by atoms with Gasteiger partial charge in [-0.05, 0) is 69.0 Å². The SMILES string of the molecule is Cc1ccc(S(=O)(=O)N2C[C@]3(CCCN(CC(=O)Nc4cccc(C(F)(F)F)c4)C3)OC[C@@H]2CC(C)C)cc1. The van der Waals surface area contributed by atoms with E-state index in [1.165, 1.54) is 12.1 Å². The van der Waals surface area contributed by atoms with Gasteiger partial charge in [0.25, 0.3) is 0 Å². The third-order valence-corrected chi connectivity index (χ3v) is 9.18. The van der Waals surface area contributed by atoms with E-state index in [0.717, 1.165) is 17.7 Å². The number of aryl methyl sites for hydroxylation is 1. The number of carbonyl (C=O) groups excluding carboxylic acids is 1. The number of ether oxygens (including phenoxy) is 1. The van der Waals surface area contributed by atoms with Crippen LogP contribution in [-0.4, -0.2) is 68.0 Å². The summed E-state index contributed by atoms with van der Waals surface area (Å²) in [5.74, 6) is -0.172. The van der Waals surface area contributed by atoms with Crippen molar-refractivity contribution >= 4 is 21.6 Å². The van der Waals surface area contributed by atoms with Crippen LogP contribution in [0.3, 0.4) is 0 Å². The van der Waals surface area contributed by atoms with Gasteiger partial charge in [-0.3, -0.25) is 9.69 Å². The number of piperidine rings is 1. The largest absolute Gasteiger partial charge is 0.416 e. The van der Waals surface area contributed by atoms with Crippen LogP contribution in [0.2, 0.25) is 0 Å². The predicted molar refractivity (Wildman–Crippen MR) is 143 cm³/mol. The van der Waals surface area contributed by atoms with E-state index in [1.807, 2.05) is 25.7 Å². The fourth-order valence-electron chi connectivity index (χ4n) is 5.42. The van der Waals surface area contributed by atoms with Gasteiger partial charge in [-0.2, -0.15) is 17.5 Å². The lowest BCUT2D eigenvalue weighted by Crippen LogP contribution is -2.64. The molecule has 2 aliphatic rings.